The Morgan fingerprint density at radius 3 is 2.69 bits per heavy atom. The number of hydrogen-bond acceptors (Lipinski definition) is 6. The van der Waals surface area contributed by atoms with Crippen LogP contribution in [0.25, 0.3) is 0 Å². The molecule has 3 heterocycles. The fourth-order valence-corrected chi connectivity index (χ4v) is 4.13. The molecule has 3 aromatic rings. The van der Waals surface area contributed by atoms with Crippen molar-refractivity contribution < 1.29 is 14.6 Å². The number of rotatable bonds is 10. The average molecular weight is 436 g/mol. The number of aliphatic carboxylic acids is 1. The first-order chi connectivity index (χ1) is 15.6. The van der Waals surface area contributed by atoms with Crippen molar-refractivity contribution in [3.05, 3.63) is 65.0 Å². The van der Waals surface area contributed by atoms with E-state index < -0.39 is 12.0 Å². The predicted molar refractivity (Wildman–Crippen MR) is 119 cm³/mol. The van der Waals surface area contributed by atoms with Crippen LogP contribution in [0.2, 0.25) is 0 Å². The molecule has 0 aliphatic heterocycles. The number of carboxylic acids is 1. The van der Waals surface area contributed by atoms with E-state index in [0.29, 0.717) is 12.2 Å². The van der Waals surface area contributed by atoms with Crippen LogP contribution in [0, 0.1) is 0 Å². The van der Waals surface area contributed by atoms with Crippen molar-refractivity contribution in [3.63, 3.8) is 0 Å². The van der Waals surface area contributed by atoms with Crippen LogP contribution in [0.1, 0.15) is 66.9 Å². The second kappa shape index (κ2) is 10.3. The third kappa shape index (κ3) is 5.49. The normalized spacial score (nSPS) is 14.0. The van der Waals surface area contributed by atoms with Crippen LogP contribution in [-0.2, 0) is 30.5 Å². The van der Waals surface area contributed by atoms with Crippen LogP contribution in [0.15, 0.2) is 36.8 Å². The van der Waals surface area contributed by atoms with Gasteiger partial charge in [0.05, 0.1) is 24.8 Å². The van der Waals surface area contributed by atoms with Gasteiger partial charge in [-0.2, -0.15) is 5.10 Å². The van der Waals surface area contributed by atoms with Crippen LogP contribution >= 0.6 is 0 Å². The molecule has 8 heteroatoms. The van der Waals surface area contributed by atoms with Crippen molar-refractivity contribution in [1.82, 2.24) is 24.7 Å². The van der Waals surface area contributed by atoms with Gasteiger partial charge in [0, 0.05) is 35.5 Å². The summed E-state index contributed by atoms with van der Waals surface area (Å²) in [5, 5.41) is 14.0. The second-order valence-corrected chi connectivity index (χ2v) is 8.10. The van der Waals surface area contributed by atoms with E-state index in [1.165, 1.54) is 24.1 Å². The van der Waals surface area contributed by atoms with Crippen LogP contribution in [0.3, 0.4) is 0 Å². The molecule has 0 radical (unpaired) electrons. The number of aryl methyl sites for hydroxylation is 4. The Kier molecular flexibility index (Phi) is 7.09. The SMILES string of the molecule is CCOc1ncc([C@H](CC(=O)O)n2ccc(CCCc3ccc4c(n3)CCCC4)n2)cn1. The average Bonchev–Trinajstić information content (AvgIpc) is 3.27. The lowest BCUT2D eigenvalue weighted by Crippen LogP contribution is -2.16. The minimum Gasteiger partial charge on any atom is -0.481 e. The van der Waals surface area contributed by atoms with Gasteiger partial charge in [-0.1, -0.05) is 6.07 Å². The summed E-state index contributed by atoms with van der Waals surface area (Å²) in [4.78, 5) is 24.6. The van der Waals surface area contributed by atoms with E-state index in [0.717, 1.165) is 43.5 Å². The van der Waals surface area contributed by atoms with Gasteiger partial charge in [-0.05, 0) is 69.6 Å². The van der Waals surface area contributed by atoms with Gasteiger partial charge in [0.15, 0.2) is 0 Å². The molecule has 1 aliphatic rings. The van der Waals surface area contributed by atoms with Gasteiger partial charge < -0.3 is 9.84 Å². The van der Waals surface area contributed by atoms with Crippen LogP contribution in [-0.4, -0.2) is 42.4 Å². The molecule has 1 aliphatic carbocycles. The fourth-order valence-electron chi connectivity index (χ4n) is 4.13. The Morgan fingerprint density at radius 1 is 1.12 bits per heavy atom. The van der Waals surface area contributed by atoms with Gasteiger partial charge in [-0.15, -0.1) is 0 Å². The number of carbonyl (C=O) groups is 1. The third-order valence-electron chi connectivity index (χ3n) is 5.76. The first kappa shape index (κ1) is 21.9. The maximum atomic E-state index is 11.5. The summed E-state index contributed by atoms with van der Waals surface area (Å²) < 4.78 is 6.97. The first-order valence-corrected chi connectivity index (χ1v) is 11.3. The molecule has 0 unspecified atom stereocenters. The Morgan fingerprint density at radius 2 is 1.91 bits per heavy atom. The highest BCUT2D eigenvalue weighted by molar-refractivity contribution is 5.68. The molecule has 0 saturated heterocycles. The third-order valence-corrected chi connectivity index (χ3v) is 5.76. The molecule has 0 aromatic carbocycles. The van der Waals surface area contributed by atoms with E-state index in [1.807, 2.05) is 19.2 Å². The molecule has 0 saturated carbocycles. The Labute approximate surface area is 187 Å². The lowest BCUT2D eigenvalue weighted by Gasteiger charge is -2.16. The van der Waals surface area contributed by atoms with Crippen molar-refractivity contribution in [1.29, 1.82) is 0 Å². The number of hydrogen-bond donors (Lipinski definition) is 1. The maximum Gasteiger partial charge on any atom is 0.316 e. The van der Waals surface area contributed by atoms with Crippen molar-refractivity contribution in [2.75, 3.05) is 6.61 Å². The Balaban J connectivity index is 1.39. The number of fused-ring (bicyclic) bond motifs is 1. The first-order valence-electron chi connectivity index (χ1n) is 11.3. The van der Waals surface area contributed by atoms with Crippen molar-refractivity contribution in [2.24, 2.45) is 0 Å². The van der Waals surface area contributed by atoms with E-state index in [9.17, 15) is 9.90 Å². The molecule has 4 rings (SSSR count). The number of nitrogens with zero attached hydrogens (tertiary/aromatic N) is 5. The van der Waals surface area contributed by atoms with Gasteiger partial charge >= 0.3 is 12.0 Å². The molecule has 1 N–H and O–H groups in total. The molecule has 168 valence electrons. The van der Waals surface area contributed by atoms with Gasteiger partial charge in [-0.3, -0.25) is 14.5 Å². The summed E-state index contributed by atoms with van der Waals surface area (Å²) in [6, 6.07) is 6.14. The number of carboxylic acid groups (broad SMARTS) is 1. The van der Waals surface area contributed by atoms with Gasteiger partial charge in [0.1, 0.15) is 0 Å². The second-order valence-electron chi connectivity index (χ2n) is 8.10. The molecule has 3 aromatic heterocycles. The molecule has 0 spiro atoms. The lowest BCUT2D eigenvalue weighted by molar-refractivity contribution is -0.137. The van der Waals surface area contributed by atoms with Gasteiger partial charge in [0.2, 0.25) is 0 Å². The standard InChI is InChI=1S/C24H29N5O3/c1-2-32-24-25-15-18(16-26-24)22(14-23(30)31)29-13-12-20(28-29)8-5-7-19-11-10-17-6-3-4-9-21(17)27-19/h10-13,15-16,22H,2-9,14H2,1H3,(H,30,31)/t22-/m0/s1. The maximum absolute atomic E-state index is 11.5. The molecular weight excluding hydrogens is 406 g/mol. The number of aromatic nitrogens is 5. The van der Waals surface area contributed by atoms with E-state index in [2.05, 4.69) is 27.2 Å². The fraction of sp³-hybridized carbons (Fsp3) is 0.458. The Bertz CT molecular complexity index is 1050. The monoisotopic (exact) mass is 435 g/mol. The minimum atomic E-state index is -0.903. The molecule has 0 fully saturated rings. The predicted octanol–water partition coefficient (Wildman–Crippen LogP) is 3.59. The van der Waals surface area contributed by atoms with Gasteiger partial charge in [-0.25, -0.2) is 9.97 Å². The lowest BCUT2D eigenvalue weighted by atomic mass is 9.95. The molecule has 32 heavy (non-hydrogen) atoms. The van der Waals surface area contributed by atoms with E-state index in [-0.39, 0.29) is 12.4 Å². The summed E-state index contributed by atoms with van der Waals surface area (Å²) in [5.41, 5.74) is 5.43. The molecule has 1 atom stereocenters. The van der Waals surface area contributed by atoms with E-state index in [1.54, 1.807) is 17.1 Å². The van der Waals surface area contributed by atoms with Crippen molar-refractivity contribution in [2.45, 2.75) is 64.3 Å². The van der Waals surface area contributed by atoms with Crippen molar-refractivity contribution in [3.8, 4) is 6.01 Å². The van der Waals surface area contributed by atoms with Crippen molar-refractivity contribution >= 4 is 5.97 Å². The number of pyridine rings is 1. The highest BCUT2D eigenvalue weighted by Crippen LogP contribution is 2.23. The zero-order valence-electron chi connectivity index (χ0n) is 18.4. The summed E-state index contributed by atoms with van der Waals surface area (Å²) in [7, 11) is 0. The van der Waals surface area contributed by atoms with E-state index in [4.69, 9.17) is 9.72 Å². The summed E-state index contributed by atoms with van der Waals surface area (Å²) in [6.45, 7) is 2.33. The quantitative estimate of drug-likeness (QED) is 0.519. The summed E-state index contributed by atoms with van der Waals surface area (Å²) in [5.74, 6) is -0.903. The van der Waals surface area contributed by atoms with Gasteiger partial charge in [0.25, 0.3) is 0 Å². The smallest absolute Gasteiger partial charge is 0.316 e. The summed E-state index contributed by atoms with van der Waals surface area (Å²) >= 11 is 0. The Hall–Kier alpha value is -3.29. The van der Waals surface area contributed by atoms with Crippen LogP contribution in [0.5, 0.6) is 6.01 Å². The zero-order valence-corrected chi connectivity index (χ0v) is 18.4. The molecule has 0 amide bonds. The molecule has 0 bridgehead atoms. The number of ether oxygens (including phenoxy) is 1. The largest absolute Gasteiger partial charge is 0.481 e. The van der Waals surface area contributed by atoms with E-state index >= 15 is 0 Å². The minimum absolute atomic E-state index is 0.0997. The highest BCUT2D eigenvalue weighted by atomic mass is 16.5. The topological polar surface area (TPSA) is 103 Å². The highest BCUT2D eigenvalue weighted by Gasteiger charge is 2.20. The van der Waals surface area contributed by atoms with Crippen LogP contribution in [0.4, 0.5) is 0 Å². The summed E-state index contributed by atoms with van der Waals surface area (Å²) in [6.07, 6.45) is 12.3. The van der Waals surface area contributed by atoms with Crippen LogP contribution < -0.4 is 4.74 Å². The zero-order chi connectivity index (χ0) is 22.3. The molecular formula is C24H29N5O3. The molecule has 8 nitrogen and oxygen atoms in total.